The van der Waals surface area contributed by atoms with Gasteiger partial charge >= 0.3 is 0 Å². The molecule has 0 atom stereocenters. The van der Waals surface area contributed by atoms with Crippen LogP contribution in [0.5, 0.6) is 46.0 Å². The molecule has 0 amide bonds. The molecular formula is C105H60B2N2O5. The summed E-state index contributed by atoms with van der Waals surface area (Å²) in [5.41, 5.74) is 30.1. The number of fused-ring (bicyclic) bond motifs is 31. The second kappa shape index (κ2) is 23.2. The Bertz CT molecular complexity index is 7630. The Morgan fingerprint density at radius 3 is 1.26 bits per heavy atom. The van der Waals surface area contributed by atoms with Crippen LogP contribution in [0, 0.1) is 0 Å². The van der Waals surface area contributed by atoms with Gasteiger partial charge < -0.3 is 32.5 Å². The number of hydrogen-bond acceptors (Lipinski definition) is 5. The number of furan rings is 1. The summed E-state index contributed by atoms with van der Waals surface area (Å²) in [5, 5.41) is 11.9. The minimum Gasteiger partial charge on any atom is -0.458 e. The summed E-state index contributed by atoms with van der Waals surface area (Å²) >= 11 is 0. The van der Waals surface area contributed by atoms with Crippen molar-refractivity contribution in [3.63, 3.8) is 0 Å². The normalized spacial score (nSPS) is 13.6. The van der Waals surface area contributed by atoms with Crippen LogP contribution >= 0.6 is 0 Å². The van der Waals surface area contributed by atoms with E-state index < -0.39 is 5.41 Å². The molecule has 2 aliphatic carbocycles. The van der Waals surface area contributed by atoms with E-state index in [0.717, 1.165) is 140 Å². The number of nitrogens with zero attached hydrogens (tertiary/aromatic N) is 2. The molecule has 0 N–H and O–H groups in total. The largest absolute Gasteiger partial charge is 0.458 e. The molecule has 0 bridgehead atoms. The SMILES string of the molecule is c1cc(-c2cc3c4c(c2)Oc2ccccc2B4c2ccccc2O3)cc(-n2c3ccccc3c3ccc4oc5ccccc5c4c32)c1.c1ccc2c(c1)Oc1cc(-c3c4ccccc4c(-n4c5ccccc5c5c6c(ccc54)C4(c5ccccc5-c5ccccc54)c4ccccc4-6)c4ccccc34)cc3c1B2c1ccccc1O3. The summed E-state index contributed by atoms with van der Waals surface area (Å²) in [6.07, 6.45) is 0. The summed E-state index contributed by atoms with van der Waals surface area (Å²) in [6, 6.07) is 132. The third-order valence-electron chi connectivity index (χ3n) is 25.4. The van der Waals surface area contributed by atoms with Gasteiger partial charge in [0.1, 0.15) is 57.2 Å². The molecule has 27 rings (SSSR count). The lowest BCUT2D eigenvalue weighted by Crippen LogP contribution is -2.57. The molecule has 0 saturated heterocycles. The minimum absolute atomic E-state index is 0.0153. The van der Waals surface area contributed by atoms with Crippen LogP contribution in [0.1, 0.15) is 22.3 Å². The Balaban J connectivity index is 0.000000134. The van der Waals surface area contributed by atoms with Gasteiger partial charge in [-0.15, -0.1) is 0 Å². The van der Waals surface area contributed by atoms with Crippen molar-refractivity contribution in [2.75, 3.05) is 0 Å². The van der Waals surface area contributed by atoms with Crippen molar-refractivity contribution in [3.8, 4) is 102 Å². The molecule has 526 valence electrons. The molecule has 0 unspecified atom stereocenters. The first-order chi connectivity index (χ1) is 56.6. The van der Waals surface area contributed by atoms with E-state index in [1.807, 2.05) is 24.3 Å². The van der Waals surface area contributed by atoms with Crippen LogP contribution in [0.15, 0.2) is 368 Å². The van der Waals surface area contributed by atoms with E-state index in [1.165, 1.54) is 104 Å². The van der Waals surface area contributed by atoms with Crippen LogP contribution in [0.4, 0.5) is 0 Å². The number of rotatable bonds is 4. The molecule has 3 aromatic heterocycles. The zero-order valence-electron chi connectivity index (χ0n) is 61.2. The quantitative estimate of drug-likeness (QED) is 0.130. The van der Waals surface area contributed by atoms with E-state index in [4.69, 9.17) is 23.4 Å². The number of aromatic nitrogens is 2. The Morgan fingerprint density at radius 2 is 0.693 bits per heavy atom. The average molecular weight is 1450 g/mol. The van der Waals surface area contributed by atoms with Crippen LogP contribution in [0.25, 0.3) is 143 Å². The molecule has 114 heavy (non-hydrogen) atoms. The molecule has 1 spiro atoms. The highest BCUT2D eigenvalue weighted by atomic mass is 16.5. The van der Waals surface area contributed by atoms with Crippen LogP contribution in [-0.2, 0) is 5.41 Å². The first-order valence-electron chi connectivity index (χ1n) is 39.2. The maximum atomic E-state index is 6.86. The molecule has 6 aliphatic rings. The van der Waals surface area contributed by atoms with E-state index in [9.17, 15) is 0 Å². The summed E-state index contributed by atoms with van der Waals surface area (Å²) in [5.74, 6) is 6.90. The zero-order valence-corrected chi connectivity index (χ0v) is 61.2. The molecule has 7 heterocycles. The summed E-state index contributed by atoms with van der Waals surface area (Å²) in [4.78, 5) is 0. The lowest BCUT2D eigenvalue weighted by molar-refractivity contribution is 0.464. The number of benzene rings is 18. The van der Waals surface area contributed by atoms with Gasteiger partial charge in [0.15, 0.2) is 0 Å². The molecule has 0 radical (unpaired) electrons. The lowest BCUT2D eigenvalue weighted by Gasteiger charge is -2.33. The van der Waals surface area contributed by atoms with Crippen molar-refractivity contribution in [3.05, 3.63) is 386 Å². The van der Waals surface area contributed by atoms with Gasteiger partial charge in [-0.05, 0) is 196 Å². The van der Waals surface area contributed by atoms with E-state index in [2.05, 4.69) is 349 Å². The first kappa shape index (κ1) is 62.0. The van der Waals surface area contributed by atoms with Crippen molar-refractivity contribution < 1.29 is 23.4 Å². The van der Waals surface area contributed by atoms with Crippen molar-refractivity contribution >= 4 is 133 Å². The molecule has 4 aliphatic heterocycles. The lowest BCUT2D eigenvalue weighted by atomic mass is 9.35. The summed E-state index contributed by atoms with van der Waals surface area (Å²) in [6.45, 7) is 0.0710. The van der Waals surface area contributed by atoms with Crippen LogP contribution in [0.2, 0.25) is 0 Å². The van der Waals surface area contributed by atoms with Gasteiger partial charge in [0.2, 0.25) is 0 Å². The van der Waals surface area contributed by atoms with E-state index in [-0.39, 0.29) is 13.4 Å². The fourth-order valence-electron chi connectivity index (χ4n) is 21.0. The third kappa shape index (κ3) is 8.30. The Kier molecular flexibility index (Phi) is 12.6. The molecular weight excluding hydrogens is 1390 g/mol. The highest BCUT2D eigenvalue weighted by Crippen LogP contribution is 2.65. The van der Waals surface area contributed by atoms with E-state index in [0.29, 0.717) is 0 Å². The van der Waals surface area contributed by atoms with Gasteiger partial charge in [-0.3, -0.25) is 0 Å². The van der Waals surface area contributed by atoms with Crippen LogP contribution in [0.3, 0.4) is 0 Å². The fourth-order valence-corrected chi connectivity index (χ4v) is 21.0. The van der Waals surface area contributed by atoms with Gasteiger partial charge in [-0.25, -0.2) is 0 Å². The standard InChI is InChI=1S/C63H36BNO2.C42H24BNO3/c1-3-21-42-40(19-1)58(37-35-56-61-57(36-37)67-55-32-16-13-29-51(55)64(61)50-28-12-15-31-54(50)66-56)41-20-2-4-22-43(41)62(42)65-52-30-14-8-24-45(52)60-53(65)34-33-49-59(60)44-23-7-11-27-48(44)63(49)46-25-9-5-17-38(46)39-18-6-10-26-47(39)63;1-5-16-33-28(12-1)29-20-21-37-40(30-13-2-6-17-34(30)45-37)42(29)44(33)27-11-9-10-25(22-27)26-23-38-41-39(24-26)47-36-19-8-4-15-32(36)43(41)31-14-3-7-18-35(31)46-38/h1-36H;1-24H. The van der Waals surface area contributed by atoms with Crippen molar-refractivity contribution in [1.82, 2.24) is 9.13 Å². The fraction of sp³-hybridized carbons (Fsp3) is 0.00952. The molecule has 18 aromatic carbocycles. The average Bonchev–Trinajstić information content (AvgIpc) is 1.52. The Morgan fingerprint density at radius 1 is 0.246 bits per heavy atom. The van der Waals surface area contributed by atoms with E-state index in [1.54, 1.807) is 0 Å². The second-order valence-corrected chi connectivity index (χ2v) is 31.0. The van der Waals surface area contributed by atoms with Gasteiger partial charge in [0, 0.05) is 54.3 Å². The number of para-hydroxylation sites is 7. The summed E-state index contributed by atoms with van der Waals surface area (Å²) < 4.78 is 38.2. The first-order valence-corrected chi connectivity index (χ1v) is 39.2. The van der Waals surface area contributed by atoms with Gasteiger partial charge in [0.05, 0.1) is 38.6 Å². The highest BCUT2D eigenvalue weighted by molar-refractivity contribution is 6.99. The smallest absolute Gasteiger partial charge is 0.260 e. The molecule has 9 heteroatoms. The van der Waals surface area contributed by atoms with Crippen molar-refractivity contribution in [2.45, 2.75) is 5.41 Å². The van der Waals surface area contributed by atoms with Gasteiger partial charge in [-0.1, -0.05) is 267 Å². The highest BCUT2D eigenvalue weighted by Gasteiger charge is 2.53. The maximum Gasteiger partial charge on any atom is 0.260 e. The van der Waals surface area contributed by atoms with Crippen molar-refractivity contribution in [2.24, 2.45) is 0 Å². The predicted octanol–water partition coefficient (Wildman–Crippen LogP) is 22.9. The monoisotopic (exact) mass is 1450 g/mol. The summed E-state index contributed by atoms with van der Waals surface area (Å²) in [7, 11) is 0. The molecule has 7 nitrogen and oxygen atoms in total. The van der Waals surface area contributed by atoms with Crippen LogP contribution in [-0.4, -0.2) is 22.6 Å². The third-order valence-corrected chi connectivity index (χ3v) is 25.4. The van der Waals surface area contributed by atoms with E-state index >= 15 is 0 Å². The second-order valence-electron chi connectivity index (χ2n) is 31.0. The number of hydrogen-bond donors (Lipinski definition) is 0. The van der Waals surface area contributed by atoms with Crippen LogP contribution < -0.4 is 51.7 Å². The van der Waals surface area contributed by atoms with Gasteiger partial charge in [0.25, 0.3) is 13.4 Å². The predicted molar refractivity (Wildman–Crippen MR) is 466 cm³/mol. The van der Waals surface area contributed by atoms with Crippen molar-refractivity contribution in [1.29, 1.82) is 0 Å². The number of ether oxygens (including phenoxy) is 4. The topological polar surface area (TPSA) is 59.9 Å². The Hall–Kier alpha value is -14.8. The molecule has 21 aromatic rings. The minimum atomic E-state index is -0.427. The van der Waals surface area contributed by atoms with Gasteiger partial charge in [-0.2, -0.15) is 0 Å². The Labute approximate surface area is 655 Å². The maximum absolute atomic E-state index is 6.86. The zero-order chi connectivity index (χ0) is 74.2. The molecule has 0 fully saturated rings. The molecule has 0 saturated carbocycles.